The first-order chi connectivity index (χ1) is 16.1. The molecule has 1 aromatic carbocycles. The highest BCUT2D eigenvalue weighted by Gasteiger charge is 2.44. The maximum atomic E-state index is 13.8. The van der Waals surface area contributed by atoms with Gasteiger partial charge in [-0.3, -0.25) is 14.6 Å². The Morgan fingerprint density at radius 1 is 1.15 bits per heavy atom. The standard InChI is InChI=1S/C25H23N5O3/c1-17-21(29-13-6-5-10-19(29)27-17)23(31)20-22(18-8-3-2-4-9-18)30(25(33)24(20)32)14-7-12-28-15-11-26-16-28/h2-6,8-11,13,15-16,22H,7,12,14H2,1H3,(H,31,32). The van der Waals surface area contributed by atoms with Crippen LogP contribution in [0.15, 0.2) is 79.0 Å². The van der Waals surface area contributed by atoms with Crippen LogP contribution in [-0.2, 0) is 16.1 Å². The summed E-state index contributed by atoms with van der Waals surface area (Å²) in [5.41, 5.74) is 2.17. The Morgan fingerprint density at radius 2 is 1.94 bits per heavy atom. The van der Waals surface area contributed by atoms with Gasteiger partial charge in [-0.1, -0.05) is 42.2 Å². The number of pyridine rings is 1. The number of carbonyl (C=O) groups is 2. The van der Waals surface area contributed by atoms with Crippen LogP contribution in [0.5, 0.6) is 0 Å². The van der Waals surface area contributed by atoms with Crippen molar-refractivity contribution in [2.45, 2.75) is 25.9 Å². The molecule has 0 radical (unpaired) electrons. The smallest absolute Gasteiger partial charge is 0.295 e. The molecule has 1 N–H and O–H groups in total. The second-order valence-corrected chi connectivity index (χ2v) is 8.06. The van der Waals surface area contributed by atoms with Crippen LogP contribution in [-0.4, -0.2) is 37.5 Å². The minimum atomic E-state index is -0.742. The average Bonchev–Trinajstić information content (AvgIpc) is 3.52. The van der Waals surface area contributed by atoms with Crippen LogP contribution < -0.4 is 9.67 Å². The first kappa shape index (κ1) is 20.7. The molecular weight excluding hydrogens is 418 g/mol. The van der Waals surface area contributed by atoms with E-state index in [1.165, 1.54) is 4.90 Å². The summed E-state index contributed by atoms with van der Waals surface area (Å²) in [4.78, 5) is 35.2. The van der Waals surface area contributed by atoms with E-state index in [0.717, 1.165) is 5.56 Å². The van der Waals surface area contributed by atoms with Crippen molar-refractivity contribution in [1.82, 2.24) is 19.3 Å². The monoisotopic (exact) mass is 441 g/mol. The number of likely N-dealkylation sites (tertiary alicyclic amines) is 1. The van der Waals surface area contributed by atoms with Crippen LogP contribution in [0.25, 0.3) is 11.4 Å². The van der Waals surface area contributed by atoms with Crippen LogP contribution in [0, 0.1) is 6.92 Å². The van der Waals surface area contributed by atoms with Crippen molar-refractivity contribution in [2.24, 2.45) is 0 Å². The maximum absolute atomic E-state index is 13.8. The number of aryl methyl sites for hydroxylation is 2. The molecule has 8 heteroatoms. The van der Waals surface area contributed by atoms with Crippen molar-refractivity contribution in [3.05, 3.63) is 96.0 Å². The molecule has 1 aliphatic heterocycles. The number of ketones is 1. The predicted octanol–water partition coefficient (Wildman–Crippen LogP) is 1.57. The number of aromatic amines is 1. The number of benzene rings is 1. The van der Waals surface area contributed by atoms with Gasteiger partial charge in [0.05, 0.1) is 24.0 Å². The average molecular weight is 441 g/mol. The third-order valence-corrected chi connectivity index (χ3v) is 5.98. The van der Waals surface area contributed by atoms with Crippen LogP contribution in [0.3, 0.4) is 0 Å². The van der Waals surface area contributed by atoms with Crippen molar-refractivity contribution in [3.63, 3.8) is 0 Å². The van der Waals surface area contributed by atoms with Gasteiger partial charge < -0.3 is 14.4 Å². The third-order valence-electron chi connectivity index (χ3n) is 5.98. The molecule has 4 heterocycles. The lowest BCUT2D eigenvalue weighted by atomic mass is 9.96. The van der Waals surface area contributed by atoms with Gasteiger partial charge in [0.2, 0.25) is 12.1 Å². The molecule has 1 amide bonds. The number of hydrogen-bond donors (Lipinski definition) is 1. The molecule has 8 nitrogen and oxygen atoms in total. The van der Waals surface area contributed by atoms with E-state index in [1.807, 2.05) is 59.7 Å². The van der Waals surface area contributed by atoms with Gasteiger partial charge in [0.15, 0.2) is 0 Å². The Hall–Kier alpha value is -4.20. The first-order valence-corrected chi connectivity index (χ1v) is 10.8. The predicted molar refractivity (Wildman–Crippen MR) is 118 cm³/mol. The molecule has 166 valence electrons. The topological polar surface area (TPSA) is 97.4 Å². The number of Topliss-reactive ketones (excluding diaryl/α,β-unsaturated/α-hetero) is 1. The molecule has 1 fully saturated rings. The minimum Gasteiger partial charge on any atom is -0.871 e. The number of amides is 1. The van der Waals surface area contributed by atoms with E-state index in [-0.39, 0.29) is 5.57 Å². The van der Waals surface area contributed by atoms with Gasteiger partial charge >= 0.3 is 0 Å². The van der Waals surface area contributed by atoms with Gasteiger partial charge in [-0.2, -0.15) is 0 Å². The number of nitrogens with zero attached hydrogens (tertiary/aromatic N) is 4. The van der Waals surface area contributed by atoms with Crippen molar-refractivity contribution in [1.29, 1.82) is 0 Å². The van der Waals surface area contributed by atoms with E-state index >= 15 is 0 Å². The molecule has 0 saturated carbocycles. The number of fused-ring (bicyclic) bond motifs is 1. The van der Waals surface area contributed by atoms with Gasteiger partial charge in [-0.25, -0.2) is 9.55 Å². The van der Waals surface area contributed by atoms with E-state index in [4.69, 9.17) is 0 Å². The number of hydrogen-bond acceptors (Lipinski definition) is 4. The summed E-state index contributed by atoms with van der Waals surface area (Å²) in [7, 11) is 0. The van der Waals surface area contributed by atoms with E-state index in [9.17, 15) is 14.7 Å². The van der Waals surface area contributed by atoms with Crippen LogP contribution in [0.1, 0.15) is 29.4 Å². The highest BCUT2D eigenvalue weighted by molar-refractivity contribution is 6.46. The minimum absolute atomic E-state index is 0.0192. The fourth-order valence-electron chi connectivity index (χ4n) is 4.48. The van der Waals surface area contributed by atoms with Gasteiger partial charge in [0, 0.05) is 24.7 Å². The molecule has 0 spiro atoms. The SMILES string of the molecule is Cc1nc2ccccn2c1C([O-])=C1C(=O)C(=O)N(CCC[n+]2cc[nH]c2)C1c1ccccc1. The molecule has 1 atom stereocenters. The second-order valence-electron chi connectivity index (χ2n) is 8.06. The highest BCUT2D eigenvalue weighted by Crippen LogP contribution is 2.39. The van der Waals surface area contributed by atoms with Crippen LogP contribution >= 0.6 is 0 Å². The molecule has 5 rings (SSSR count). The first-order valence-electron chi connectivity index (χ1n) is 10.8. The zero-order valence-corrected chi connectivity index (χ0v) is 18.1. The number of imidazole rings is 2. The Balaban J connectivity index is 1.59. The van der Waals surface area contributed by atoms with Crippen molar-refractivity contribution >= 4 is 23.1 Å². The fourth-order valence-corrected chi connectivity index (χ4v) is 4.48. The number of H-pyrrole nitrogens is 1. The van der Waals surface area contributed by atoms with Gasteiger partial charge in [0.25, 0.3) is 5.91 Å². The number of nitrogens with one attached hydrogen (secondary N) is 1. The van der Waals surface area contributed by atoms with Crippen LogP contribution in [0.2, 0.25) is 0 Å². The summed E-state index contributed by atoms with van der Waals surface area (Å²) < 4.78 is 3.65. The zero-order valence-electron chi connectivity index (χ0n) is 18.1. The van der Waals surface area contributed by atoms with E-state index in [1.54, 1.807) is 29.7 Å². The zero-order chi connectivity index (χ0) is 22.9. The Bertz CT molecular complexity index is 1360. The molecule has 33 heavy (non-hydrogen) atoms. The molecule has 1 aliphatic rings. The van der Waals surface area contributed by atoms with Crippen molar-refractivity contribution in [2.75, 3.05) is 6.54 Å². The lowest BCUT2D eigenvalue weighted by molar-refractivity contribution is -0.695. The lowest BCUT2D eigenvalue weighted by Gasteiger charge is -2.27. The lowest BCUT2D eigenvalue weighted by Crippen LogP contribution is -2.36. The van der Waals surface area contributed by atoms with Gasteiger partial charge in [0.1, 0.15) is 18.0 Å². The number of rotatable bonds is 6. The molecule has 1 saturated heterocycles. The number of aromatic nitrogens is 4. The Kier molecular flexibility index (Phi) is 5.26. The van der Waals surface area contributed by atoms with E-state index in [2.05, 4.69) is 9.97 Å². The molecule has 0 aliphatic carbocycles. The summed E-state index contributed by atoms with van der Waals surface area (Å²) in [6, 6.07) is 14.0. The van der Waals surface area contributed by atoms with Crippen molar-refractivity contribution in [3.8, 4) is 0 Å². The summed E-state index contributed by atoms with van der Waals surface area (Å²) >= 11 is 0. The van der Waals surface area contributed by atoms with E-state index < -0.39 is 23.5 Å². The Labute approximate surface area is 190 Å². The summed E-state index contributed by atoms with van der Waals surface area (Å²) in [6.45, 7) is 2.77. The summed E-state index contributed by atoms with van der Waals surface area (Å²) in [5, 5.41) is 13.8. The molecule has 4 aromatic rings. The van der Waals surface area contributed by atoms with E-state index in [0.29, 0.717) is 36.5 Å². The largest absolute Gasteiger partial charge is 0.871 e. The quantitative estimate of drug-likeness (QED) is 0.213. The third kappa shape index (κ3) is 3.59. The molecule has 3 aromatic heterocycles. The maximum Gasteiger partial charge on any atom is 0.295 e. The summed E-state index contributed by atoms with van der Waals surface area (Å²) in [6.07, 6.45) is 7.94. The second kappa shape index (κ2) is 8.38. The molecular formula is C25H23N5O3. The van der Waals surface area contributed by atoms with Gasteiger partial charge in [-0.15, -0.1) is 0 Å². The number of carbonyl (C=O) groups excluding carboxylic acids is 2. The summed E-state index contributed by atoms with van der Waals surface area (Å²) in [5.74, 6) is -1.84. The highest BCUT2D eigenvalue weighted by atomic mass is 16.3. The molecule has 0 bridgehead atoms. The molecule has 1 unspecified atom stereocenters. The van der Waals surface area contributed by atoms with Crippen molar-refractivity contribution < 1.29 is 19.3 Å². The normalized spacial score (nSPS) is 17.8. The Morgan fingerprint density at radius 3 is 2.70 bits per heavy atom. The van der Waals surface area contributed by atoms with Crippen LogP contribution in [0.4, 0.5) is 0 Å². The van der Waals surface area contributed by atoms with Gasteiger partial charge in [-0.05, 0) is 24.6 Å². The fraction of sp³-hybridized carbons (Fsp3) is 0.200.